The molecule has 1 amide bonds. The predicted octanol–water partition coefficient (Wildman–Crippen LogP) is -1.75. The third-order valence-corrected chi connectivity index (χ3v) is 4.89. The second kappa shape index (κ2) is 7.37. The van der Waals surface area contributed by atoms with Gasteiger partial charge in [-0.05, 0) is 42.2 Å². The first-order chi connectivity index (χ1) is 10.5. The Bertz CT molecular complexity index is 602. The fourth-order valence-electron chi connectivity index (χ4n) is 3.88. The molecular formula is C18H22NNaO3. The molecular weight excluding hydrogens is 301 g/mol. The monoisotopic (exact) mass is 323 g/mol. The zero-order chi connectivity index (χ0) is 15.9. The van der Waals surface area contributed by atoms with E-state index in [1.54, 1.807) is 0 Å². The van der Waals surface area contributed by atoms with Crippen molar-refractivity contribution in [3.63, 3.8) is 0 Å². The third kappa shape index (κ3) is 3.98. The third-order valence-electron chi connectivity index (χ3n) is 4.89. The minimum absolute atomic E-state index is 0. The van der Waals surface area contributed by atoms with Crippen LogP contribution in [0, 0.1) is 17.8 Å². The van der Waals surface area contributed by atoms with Crippen LogP contribution in [-0.2, 0) is 16.0 Å². The molecule has 0 bridgehead atoms. The van der Waals surface area contributed by atoms with E-state index in [0.29, 0.717) is 18.3 Å². The molecule has 2 aliphatic carbocycles. The van der Waals surface area contributed by atoms with Crippen LogP contribution in [0.2, 0.25) is 0 Å². The van der Waals surface area contributed by atoms with Gasteiger partial charge in [0.1, 0.15) is 0 Å². The van der Waals surface area contributed by atoms with Crippen LogP contribution in [0.15, 0.2) is 24.3 Å². The number of rotatable bonds is 6. The molecule has 1 aromatic carbocycles. The van der Waals surface area contributed by atoms with Crippen LogP contribution in [0.25, 0.3) is 0 Å². The summed E-state index contributed by atoms with van der Waals surface area (Å²) < 4.78 is 0. The largest absolute Gasteiger partial charge is 1.00 e. The summed E-state index contributed by atoms with van der Waals surface area (Å²) >= 11 is 0. The average Bonchev–Trinajstić information content (AvgIpc) is 2.94. The zero-order valence-electron chi connectivity index (χ0n) is 14.0. The predicted molar refractivity (Wildman–Crippen MR) is 80.9 cm³/mol. The van der Waals surface area contributed by atoms with Crippen molar-refractivity contribution in [2.75, 3.05) is 0 Å². The van der Waals surface area contributed by atoms with Crippen molar-refractivity contribution in [2.45, 2.75) is 45.1 Å². The Balaban J connectivity index is 0.00000192. The normalized spacial score (nSPS) is 25.1. The number of carbonyl (C=O) groups is 2. The SMILES string of the molecule is CC(C)CC(CC(=O)[O-])C(=O)N[C@@H]1[C@H]2Cc3ccccc3[C@H]21.[Na+]. The van der Waals surface area contributed by atoms with Crippen molar-refractivity contribution < 1.29 is 44.3 Å². The molecule has 1 N–H and O–H groups in total. The maximum atomic E-state index is 12.4. The van der Waals surface area contributed by atoms with Crippen molar-refractivity contribution in [1.82, 2.24) is 5.32 Å². The first kappa shape index (κ1) is 18.5. The Morgan fingerprint density at radius 1 is 1.30 bits per heavy atom. The summed E-state index contributed by atoms with van der Waals surface area (Å²) in [7, 11) is 0. The van der Waals surface area contributed by atoms with E-state index < -0.39 is 11.9 Å². The molecule has 4 nitrogen and oxygen atoms in total. The van der Waals surface area contributed by atoms with Gasteiger partial charge in [0, 0.05) is 23.8 Å². The van der Waals surface area contributed by atoms with Gasteiger partial charge < -0.3 is 15.2 Å². The molecule has 3 rings (SSSR count). The van der Waals surface area contributed by atoms with Gasteiger partial charge >= 0.3 is 29.6 Å². The number of hydrogen-bond donors (Lipinski definition) is 1. The second-order valence-electron chi connectivity index (χ2n) is 7.03. The molecule has 1 saturated carbocycles. The number of amides is 1. The van der Waals surface area contributed by atoms with Gasteiger partial charge in [-0.15, -0.1) is 0 Å². The van der Waals surface area contributed by atoms with Crippen molar-refractivity contribution in [3.8, 4) is 0 Å². The first-order valence-corrected chi connectivity index (χ1v) is 8.05. The van der Waals surface area contributed by atoms with E-state index >= 15 is 0 Å². The minimum atomic E-state index is -1.15. The number of carboxylic acids is 1. The molecule has 118 valence electrons. The Kier molecular flexibility index (Phi) is 5.93. The van der Waals surface area contributed by atoms with E-state index in [9.17, 15) is 14.7 Å². The van der Waals surface area contributed by atoms with Gasteiger partial charge in [0.15, 0.2) is 0 Å². The van der Waals surface area contributed by atoms with Crippen LogP contribution in [0.1, 0.15) is 43.7 Å². The maximum absolute atomic E-state index is 12.4. The number of carboxylic acid groups (broad SMARTS) is 1. The van der Waals surface area contributed by atoms with Crippen molar-refractivity contribution in [2.24, 2.45) is 17.8 Å². The second-order valence-corrected chi connectivity index (χ2v) is 7.03. The molecule has 0 radical (unpaired) electrons. The van der Waals surface area contributed by atoms with E-state index in [-0.39, 0.29) is 53.8 Å². The zero-order valence-corrected chi connectivity index (χ0v) is 16.0. The Hall–Kier alpha value is -0.840. The fraction of sp³-hybridized carbons (Fsp3) is 0.556. The summed E-state index contributed by atoms with van der Waals surface area (Å²) in [6.07, 6.45) is 1.40. The standard InChI is InChI=1S/C18H23NO3.Na/c1-10(2)7-12(9-15(20)21)18(22)19-17-14-8-11-5-3-4-6-13(11)16(14)17;/h3-6,10,12,14,16-17H,7-9H2,1-2H3,(H,19,22)(H,20,21);/q;+1/p-1/t12?,14-,16+,17+;/m0./s1. The number of hydrogen-bond acceptors (Lipinski definition) is 3. The summed E-state index contributed by atoms with van der Waals surface area (Å²) in [5, 5.41) is 13.9. The molecule has 1 unspecified atom stereocenters. The molecule has 0 heterocycles. The van der Waals surface area contributed by atoms with Gasteiger partial charge in [-0.25, -0.2) is 0 Å². The van der Waals surface area contributed by atoms with Gasteiger partial charge in [-0.1, -0.05) is 38.1 Å². The number of fused-ring (bicyclic) bond motifs is 3. The maximum Gasteiger partial charge on any atom is 1.00 e. The van der Waals surface area contributed by atoms with Crippen LogP contribution >= 0.6 is 0 Å². The molecule has 0 saturated heterocycles. The summed E-state index contributed by atoms with van der Waals surface area (Å²) in [6.45, 7) is 4.00. The number of nitrogens with one attached hydrogen (secondary N) is 1. The van der Waals surface area contributed by atoms with Crippen molar-refractivity contribution in [3.05, 3.63) is 35.4 Å². The van der Waals surface area contributed by atoms with Gasteiger partial charge in [0.25, 0.3) is 0 Å². The Labute approximate surface area is 159 Å². The molecule has 5 heteroatoms. The number of aliphatic carboxylic acids is 1. The fourth-order valence-corrected chi connectivity index (χ4v) is 3.88. The number of carbonyl (C=O) groups excluding carboxylic acids is 2. The molecule has 1 aromatic rings. The summed E-state index contributed by atoms with van der Waals surface area (Å²) in [6, 6.07) is 8.56. The van der Waals surface area contributed by atoms with Gasteiger partial charge in [-0.2, -0.15) is 0 Å². The smallest absolute Gasteiger partial charge is 0.550 e. The van der Waals surface area contributed by atoms with Gasteiger partial charge in [-0.3, -0.25) is 4.79 Å². The molecule has 0 spiro atoms. The molecule has 2 aliphatic rings. The van der Waals surface area contributed by atoms with Crippen LogP contribution in [0.5, 0.6) is 0 Å². The molecule has 1 fully saturated rings. The van der Waals surface area contributed by atoms with E-state index in [1.165, 1.54) is 11.1 Å². The summed E-state index contributed by atoms with van der Waals surface area (Å²) in [5.41, 5.74) is 2.73. The van der Waals surface area contributed by atoms with Crippen LogP contribution in [0.3, 0.4) is 0 Å². The van der Waals surface area contributed by atoms with Crippen molar-refractivity contribution >= 4 is 11.9 Å². The Morgan fingerprint density at radius 3 is 2.65 bits per heavy atom. The Morgan fingerprint density at radius 2 is 2.00 bits per heavy atom. The molecule has 4 atom stereocenters. The minimum Gasteiger partial charge on any atom is -0.550 e. The molecule has 0 aliphatic heterocycles. The summed E-state index contributed by atoms with van der Waals surface area (Å²) in [4.78, 5) is 23.3. The van der Waals surface area contributed by atoms with Crippen molar-refractivity contribution in [1.29, 1.82) is 0 Å². The number of benzene rings is 1. The quantitative estimate of drug-likeness (QED) is 0.631. The first-order valence-electron chi connectivity index (χ1n) is 8.05. The average molecular weight is 323 g/mol. The summed E-state index contributed by atoms with van der Waals surface area (Å²) in [5.74, 6) is -0.570. The molecule has 0 aromatic heterocycles. The van der Waals surface area contributed by atoms with Crippen LogP contribution in [-0.4, -0.2) is 17.9 Å². The van der Waals surface area contributed by atoms with Crippen LogP contribution in [0.4, 0.5) is 0 Å². The molecule has 23 heavy (non-hydrogen) atoms. The van der Waals surface area contributed by atoms with E-state index in [0.717, 1.165) is 6.42 Å². The van der Waals surface area contributed by atoms with E-state index in [1.807, 2.05) is 19.9 Å². The van der Waals surface area contributed by atoms with E-state index in [4.69, 9.17) is 0 Å². The van der Waals surface area contributed by atoms with Crippen LogP contribution < -0.4 is 40.0 Å². The van der Waals surface area contributed by atoms with E-state index in [2.05, 4.69) is 23.5 Å². The topological polar surface area (TPSA) is 69.2 Å². The van der Waals surface area contributed by atoms with Gasteiger partial charge in [0.05, 0.1) is 0 Å². The van der Waals surface area contributed by atoms with Gasteiger partial charge in [0.2, 0.25) is 5.91 Å².